The van der Waals surface area contributed by atoms with Gasteiger partial charge >= 0.3 is 6.18 Å². The zero-order valence-electron chi connectivity index (χ0n) is 17.4. The van der Waals surface area contributed by atoms with E-state index < -0.39 is 53.2 Å². The number of aromatic nitrogens is 4. The van der Waals surface area contributed by atoms with E-state index >= 15 is 0 Å². The molecule has 4 rings (SSSR count). The van der Waals surface area contributed by atoms with E-state index in [0.29, 0.717) is 21.4 Å². The minimum atomic E-state index is -4.58. The first-order chi connectivity index (χ1) is 16.1. The molecule has 184 valence electrons. The largest absolute Gasteiger partial charge is 0.417 e. The average Bonchev–Trinajstić information content (AvgIpc) is 3.42. The highest BCUT2D eigenvalue weighted by Gasteiger charge is 2.47. The summed E-state index contributed by atoms with van der Waals surface area (Å²) in [5.41, 5.74) is 4.82. The standard InChI is InChI=1S/C19H19ClF3N5O4S2/c1-31-16-14(28-5-11(26-27-28)12-7-33-18(24)25-12)15(30)13(6-29)32-17(16)34-8-2-3-9(10(20)4-8)19(21,22)23/h2-5,7,13-17,29-30H,6H2,1H3,(H2,24,25)/t13?,14?,15-,16?,17+/m0/s1. The molecule has 9 nitrogen and oxygen atoms in total. The lowest BCUT2D eigenvalue weighted by molar-refractivity contribution is -0.186. The number of methoxy groups -OCH3 is 1. The van der Waals surface area contributed by atoms with Crippen molar-refractivity contribution in [2.75, 3.05) is 19.5 Å². The van der Waals surface area contributed by atoms with Crippen molar-refractivity contribution in [1.82, 2.24) is 20.0 Å². The fourth-order valence-electron chi connectivity index (χ4n) is 3.59. The molecule has 2 aromatic heterocycles. The Hall–Kier alpha value is -1.94. The van der Waals surface area contributed by atoms with E-state index in [1.807, 2.05) is 0 Å². The summed E-state index contributed by atoms with van der Waals surface area (Å²) in [6, 6.07) is 2.49. The molecule has 0 amide bonds. The third-order valence-electron chi connectivity index (χ3n) is 5.20. The van der Waals surface area contributed by atoms with E-state index in [-0.39, 0.29) is 0 Å². The third kappa shape index (κ3) is 5.03. The fourth-order valence-corrected chi connectivity index (χ4v) is 5.70. The SMILES string of the molecule is COC1C(n2cc(-c3csc(N)n3)nn2)[C@@H](O)C(CO)O[C@@H]1Sc1ccc(C(F)(F)F)c(Cl)c1. The van der Waals surface area contributed by atoms with E-state index in [0.717, 1.165) is 17.8 Å². The monoisotopic (exact) mass is 537 g/mol. The highest BCUT2D eigenvalue weighted by atomic mass is 35.5. The first-order valence-corrected chi connectivity index (χ1v) is 11.9. The number of hydrogen-bond donors (Lipinski definition) is 3. The molecule has 3 heterocycles. The number of hydrogen-bond acceptors (Lipinski definition) is 10. The lowest BCUT2D eigenvalue weighted by atomic mass is 9.97. The van der Waals surface area contributed by atoms with E-state index in [2.05, 4.69) is 15.3 Å². The van der Waals surface area contributed by atoms with Crippen LogP contribution in [0.2, 0.25) is 5.02 Å². The van der Waals surface area contributed by atoms with E-state index in [4.69, 9.17) is 26.8 Å². The number of nitrogens with zero attached hydrogens (tertiary/aromatic N) is 4. The molecule has 1 aromatic carbocycles. The average molecular weight is 538 g/mol. The molecule has 34 heavy (non-hydrogen) atoms. The Morgan fingerprint density at radius 2 is 2.12 bits per heavy atom. The molecular formula is C19H19ClF3N5O4S2. The summed E-state index contributed by atoms with van der Waals surface area (Å²) in [4.78, 5) is 4.54. The molecule has 0 aliphatic carbocycles. The van der Waals surface area contributed by atoms with Crippen LogP contribution in [0.5, 0.6) is 0 Å². The highest BCUT2D eigenvalue weighted by Crippen LogP contribution is 2.42. The van der Waals surface area contributed by atoms with Gasteiger partial charge in [-0.05, 0) is 18.2 Å². The van der Waals surface area contributed by atoms with Crippen molar-refractivity contribution in [3.8, 4) is 11.4 Å². The number of halogens is 4. The number of thioether (sulfide) groups is 1. The summed E-state index contributed by atoms with van der Waals surface area (Å²) in [5, 5.41) is 30.4. The first-order valence-electron chi connectivity index (χ1n) is 9.76. The molecule has 1 saturated heterocycles. The van der Waals surface area contributed by atoms with Crippen LogP contribution in [0.4, 0.5) is 18.3 Å². The van der Waals surface area contributed by atoms with Crippen molar-refractivity contribution in [2.45, 2.75) is 40.9 Å². The topological polar surface area (TPSA) is 129 Å². The molecule has 3 aromatic rings. The Bertz CT molecular complexity index is 1150. The van der Waals surface area contributed by atoms with Gasteiger partial charge in [0.15, 0.2) is 5.13 Å². The van der Waals surface area contributed by atoms with Gasteiger partial charge in [-0.2, -0.15) is 13.2 Å². The van der Waals surface area contributed by atoms with Crippen molar-refractivity contribution in [3.63, 3.8) is 0 Å². The normalized spacial score (nSPS) is 25.6. The number of benzene rings is 1. The van der Waals surface area contributed by atoms with Gasteiger partial charge in [0.1, 0.15) is 41.2 Å². The number of nitrogens with two attached hydrogens (primary N) is 1. The van der Waals surface area contributed by atoms with Gasteiger partial charge in [0.2, 0.25) is 0 Å². The van der Waals surface area contributed by atoms with Crippen molar-refractivity contribution < 1.29 is 32.9 Å². The van der Waals surface area contributed by atoms with Crippen LogP contribution in [0.15, 0.2) is 34.7 Å². The maximum Gasteiger partial charge on any atom is 0.417 e. The zero-order valence-corrected chi connectivity index (χ0v) is 19.8. The Labute approximate surface area is 204 Å². The molecule has 0 bridgehead atoms. The van der Waals surface area contributed by atoms with E-state index in [1.54, 1.807) is 11.6 Å². The number of anilines is 1. The summed E-state index contributed by atoms with van der Waals surface area (Å²) >= 11 is 8.13. The van der Waals surface area contributed by atoms with Crippen molar-refractivity contribution >= 4 is 39.8 Å². The summed E-state index contributed by atoms with van der Waals surface area (Å²) in [6.45, 7) is -0.511. The van der Waals surface area contributed by atoms with Gasteiger partial charge in [-0.3, -0.25) is 0 Å². The van der Waals surface area contributed by atoms with Crippen LogP contribution in [0, 0.1) is 0 Å². The summed E-state index contributed by atoms with van der Waals surface area (Å²) in [7, 11) is 1.40. The van der Waals surface area contributed by atoms with Gasteiger partial charge in [0.05, 0.1) is 23.4 Å². The highest BCUT2D eigenvalue weighted by molar-refractivity contribution is 7.99. The molecule has 1 fully saturated rings. The van der Waals surface area contributed by atoms with Gasteiger partial charge in [-0.25, -0.2) is 9.67 Å². The minimum absolute atomic E-state index is 0.359. The maximum atomic E-state index is 13.0. The molecule has 0 saturated carbocycles. The molecular weight excluding hydrogens is 519 g/mol. The van der Waals surface area contributed by atoms with E-state index in [1.165, 1.54) is 35.3 Å². The number of rotatable bonds is 6. The molecule has 3 unspecified atom stereocenters. The number of ether oxygens (including phenoxy) is 2. The van der Waals surface area contributed by atoms with Crippen LogP contribution in [0.25, 0.3) is 11.4 Å². The second-order valence-electron chi connectivity index (χ2n) is 7.32. The molecule has 4 N–H and O–H groups in total. The van der Waals surface area contributed by atoms with Gasteiger partial charge in [0, 0.05) is 17.4 Å². The second-order valence-corrected chi connectivity index (χ2v) is 9.79. The van der Waals surface area contributed by atoms with Crippen LogP contribution in [0.3, 0.4) is 0 Å². The number of aliphatic hydroxyl groups is 2. The zero-order chi connectivity index (χ0) is 24.6. The molecule has 15 heteroatoms. The summed E-state index contributed by atoms with van der Waals surface area (Å²) < 4.78 is 52.0. The predicted molar refractivity (Wildman–Crippen MR) is 119 cm³/mol. The predicted octanol–water partition coefficient (Wildman–Crippen LogP) is 3.08. The Morgan fingerprint density at radius 3 is 2.71 bits per heavy atom. The summed E-state index contributed by atoms with van der Waals surface area (Å²) in [6.07, 6.45) is -6.08. The van der Waals surface area contributed by atoms with E-state index in [9.17, 15) is 23.4 Å². The number of alkyl halides is 3. The second kappa shape index (κ2) is 9.97. The summed E-state index contributed by atoms with van der Waals surface area (Å²) in [5.74, 6) is 0. The third-order valence-corrected chi connectivity index (χ3v) is 7.32. The van der Waals surface area contributed by atoms with Gasteiger partial charge in [-0.1, -0.05) is 28.6 Å². The quantitative estimate of drug-likeness (QED) is 0.434. The number of nitrogen functional groups attached to an aromatic ring is 1. The number of thiazole rings is 1. The van der Waals surface area contributed by atoms with Crippen molar-refractivity contribution in [1.29, 1.82) is 0 Å². The molecule has 0 spiro atoms. The fraction of sp³-hybridized carbons (Fsp3) is 0.421. The Balaban J connectivity index is 1.63. The van der Waals surface area contributed by atoms with Crippen LogP contribution < -0.4 is 5.73 Å². The Kier molecular flexibility index (Phi) is 7.38. The van der Waals surface area contributed by atoms with Crippen molar-refractivity contribution in [3.05, 3.63) is 40.4 Å². The lowest BCUT2D eigenvalue weighted by Gasteiger charge is -2.43. The van der Waals surface area contributed by atoms with Crippen LogP contribution in [0.1, 0.15) is 11.6 Å². The van der Waals surface area contributed by atoms with Gasteiger partial charge in [0.25, 0.3) is 0 Å². The van der Waals surface area contributed by atoms with Crippen molar-refractivity contribution in [2.24, 2.45) is 0 Å². The molecule has 1 aliphatic heterocycles. The Morgan fingerprint density at radius 1 is 1.35 bits per heavy atom. The molecule has 5 atom stereocenters. The number of aliphatic hydroxyl groups excluding tert-OH is 2. The van der Waals surface area contributed by atoms with Gasteiger partial charge < -0.3 is 25.4 Å². The van der Waals surface area contributed by atoms with Crippen LogP contribution in [-0.2, 0) is 15.7 Å². The smallest absolute Gasteiger partial charge is 0.394 e. The van der Waals surface area contributed by atoms with Crippen LogP contribution in [-0.4, -0.2) is 67.7 Å². The minimum Gasteiger partial charge on any atom is -0.394 e. The van der Waals surface area contributed by atoms with Gasteiger partial charge in [-0.15, -0.1) is 16.4 Å². The first kappa shape index (κ1) is 25.2. The molecule has 1 aliphatic rings. The van der Waals surface area contributed by atoms with Crippen LogP contribution >= 0.6 is 34.7 Å². The maximum absolute atomic E-state index is 13.0. The lowest BCUT2D eigenvalue weighted by Crippen LogP contribution is -2.55. The molecule has 0 radical (unpaired) electrons.